The average molecular weight is 205 g/mol. The molecule has 0 atom stereocenters. The summed E-state index contributed by atoms with van der Waals surface area (Å²) in [5.41, 5.74) is 0.554. The number of carbonyl (C=O) groups excluding carboxylic acids is 1. The van der Waals surface area contributed by atoms with Crippen molar-refractivity contribution in [1.29, 1.82) is 0 Å². The molecule has 0 rings (SSSR count). The van der Waals surface area contributed by atoms with Crippen molar-refractivity contribution in [3.8, 4) is 0 Å². The molecule has 0 saturated heterocycles. The van der Waals surface area contributed by atoms with Crippen LogP contribution in [0.4, 0.5) is 0 Å². The Morgan fingerprint density at radius 2 is 2.13 bits per heavy atom. The predicted molar refractivity (Wildman–Crippen MR) is 66.3 cm³/mol. The lowest BCUT2D eigenvalue weighted by molar-refractivity contribution is -0.111. The van der Waals surface area contributed by atoms with Gasteiger partial charge in [-0.3, -0.25) is 4.99 Å². The van der Waals surface area contributed by atoms with Gasteiger partial charge in [-0.25, -0.2) is 0 Å². The Bertz CT molecular complexity index is 296. The number of hydrogen-bond acceptors (Lipinski definition) is 2. The highest BCUT2D eigenvalue weighted by atomic mass is 16.1. The molecule has 0 fully saturated rings. The molecule has 2 nitrogen and oxygen atoms in total. The quantitative estimate of drug-likeness (QED) is 0.372. The van der Waals surface area contributed by atoms with E-state index in [1.165, 1.54) is 0 Å². The van der Waals surface area contributed by atoms with Crippen molar-refractivity contribution >= 4 is 12.5 Å². The van der Waals surface area contributed by atoms with E-state index in [1.807, 2.05) is 39.0 Å². The monoisotopic (exact) mass is 205 g/mol. The lowest BCUT2D eigenvalue weighted by Gasteiger charge is -2.08. The smallest absolute Gasteiger partial charge is 0.130 e. The first-order valence-electron chi connectivity index (χ1n) is 4.97. The molecule has 0 aliphatic heterocycles. The summed E-state index contributed by atoms with van der Waals surface area (Å²) < 4.78 is 0. The van der Waals surface area contributed by atoms with Crippen molar-refractivity contribution < 1.29 is 4.79 Å². The molecule has 0 amide bonds. The van der Waals surface area contributed by atoms with Crippen LogP contribution in [0.5, 0.6) is 0 Å². The second kappa shape index (κ2) is 6.93. The highest BCUT2D eigenvalue weighted by Gasteiger charge is 2.11. The van der Waals surface area contributed by atoms with Crippen LogP contribution in [0.2, 0.25) is 0 Å². The van der Waals surface area contributed by atoms with E-state index in [-0.39, 0.29) is 0 Å². The molecule has 0 unspecified atom stereocenters. The number of nitrogens with zero attached hydrogens (tertiary/aromatic N) is 1. The first-order valence-corrected chi connectivity index (χ1v) is 4.97. The molecule has 0 radical (unpaired) electrons. The van der Waals surface area contributed by atoms with E-state index in [0.717, 1.165) is 11.9 Å². The Labute approximate surface area is 92.1 Å². The second-order valence-electron chi connectivity index (χ2n) is 3.88. The summed E-state index contributed by atoms with van der Waals surface area (Å²) >= 11 is 0. The first kappa shape index (κ1) is 13.6. The van der Waals surface area contributed by atoms with Gasteiger partial charge >= 0.3 is 0 Å². The molecule has 0 saturated carbocycles. The van der Waals surface area contributed by atoms with Crippen molar-refractivity contribution in [2.45, 2.75) is 20.8 Å². The average Bonchev–Trinajstić information content (AvgIpc) is 2.23. The molecule has 0 N–H and O–H groups in total. The van der Waals surface area contributed by atoms with Gasteiger partial charge in [-0.15, -0.1) is 0 Å². The topological polar surface area (TPSA) is 29.4 Å². The van der Waals surface area contributed by atoms with Crippen molar-refractivity contribution in [1.82, 2.24) is 0 Å². The predicted octanol–water partition coefficient (Wildman–Crippen LogP) is 2.97. The molecule has 0 aromatic carbocycles. The van der Waals surface area contributed by atoms with Gasteiger partial charge < -0.3 is 4.79 Å². The van der Waals surface area contributed by atoms with Crippen molar-refractivity contribution in [2.24, 2.45) is 10.4 Å². The molecule has 82 valence electrons. The lowest BCUT2D eigenvalue weighted by atomic mass is 9.98. The molecule has 0 bridgehead atoms. The number of aliphatic imine (C=N–C) groups is 1. The molecule has 0 aromatic rings. The molecular formula is C13H19NO. The van der Waals surface area contributed by atoms with Crippen molar-refractivity contribution in [3.05, 3.63) is 36.5 Å². The molecule has 0 aromatic heterocycles. The summed E-state index contributed by atoms with van der Waals surface area (Å²) in [5, 5.41) is 0. The van der Waals surface area contributed by atoms with Gasteiger partial charge in [-0.2, -0.15) is 0 Å². The van der Waals surface area contributed by atoms with Crippen molar-refractivity contribution in [2.75, 3.05) is 6.54 Å². The van der Waals surface area contributed by atoms with Crippen LogP contribution in [0.15, 0.2) is 41.4 Å². The molecular weight excluding hydrogens is 186 g/mol. The number of carbonyl (C=O) groups is 1. The summed E-state index contributed by atoms with van der Waals surface area (Å²) in [6.07, 6.45) is 10.2. The zero-order valence-electron chi connectivity index (χ0n) is 9.73. The Kier molecular flexibility index (Phi) is 6.27. The van der Waals surface area contributed by atoms with Gasteiger partial charge in [0.25, 0.3) is 0 Å². The van der Waals surface area contributed by atoms with E-state index < -0.39 is 5.41 Å². The molecule has 2 heteroatoms. The molecule has 0 aliphatic carbocycles. The van der Waals surface area contributed by atoms with Crippen LogP contribution in [0, 0.1) is 5.41 Å². The van der Waals surface area contributed by atoms with Gasteiger partial charge in [0, 0.05) is 6.21 Å². The standard InChI is InChI=1S/C13H19NO/c1-5-7-8-12(6-2)9-14-10-13(3,4)11-15/h5-8,10-11H,2,9H2,1,3-4H3/b7-5-,12-8+,14-10+. The van der Waals surface area contributed by atoms with Gasteiger partial charge in [0.2, 0.25) is 0 Å². The minimum absolute atomic E-state index is 0.479. The third-order valence-electron chi connectivity index (χ3n) is 1.77. The zero-order valence-corrected chi connectivity index (χ0v) is 9.73. The molecule has 15 heavy (non-hydrogen) atoms. The SMILES string of the molecule is C=C/C(=C\C=C/C)C/N=C/C(C)(C)C=O. The second-order valence-corrected chi connectivity index (χ2v) is 3.88. The third kappa shape index (κ3) is 6.61. The van der Waals surface area contributed by atoms with E-state index in [9.17, 15) is 4.79 Å². The first-order chi connectivity index (χ1) is 7.05. The Hall–Kier alpha value is -1.44. The van der Waals surface area contributed by atoms with Crippen LogP contribution in [0.3, 0.4) is 0 Å². The lowest BCUT2D eigenvalue weighted by Crippen LogP contribution is -2.14. The van der Waals surface area contributed by atoms with Gasteiger partial charge in [0.05, 0.1) is 12.0 Å². The van der Waals surface area contributed by atoms with Crippen molar-refractivity contribution in [3.63, 3.8) is 0 Å². The third-order valence-corrected chi connectivity index (χ3v) is 1.77. The Balaban J connectivity index is 4.35. The van der Waals surface area contributed by atoms with E-state index >= 15 is 0 Å². The van der Waals surface area contributed by atoms with E-state index in [2.05, 4.69) is 11.6 Å². The number of hydrogen-bond donors (Lipinski definition) is 0. The normalized spacial score (nSPS) is 13.7. The summed E-state index contributed by atoms with van der Waals surface area (Å²) in [7, 11) is 0. The van der Waals surface area contributed by atoms with Gasteiger partial charge in [0.1, 0.15) is 6.29 Å². The van der Waals surface area contributed by atoms with Crippen LogP contribution < -0.4 is 0 Å². The largest absolute Gasteiger partial charge is 0.302 e. The summed E-state index contributed by atoms with van der Waals surface area (Å²) in [4.78, 5) is 14.8. The zero-order chi connectivity index (χ0) is 11.7. The fourth-order valence-electron chi connectivity index (χ4n) is 0.822. The number of aldehydes is 1. The molecule has 0 spiro atoms. The minimum Gasteiger partial charge on any atom is -0.302 e. The highest BCUT2D eigenvalue weighted by Crippen LogP contribution is 2.07. The Morgan fingerprint density at radius 1 is 1.47 bits per heavy atom. The summed E-state index contributed by atoms with van der Waals surface area (Å²) in [6, 6.07) is 0. The minimum atomic E-state index is -0.479. The van der Waals surface area contributed by atoms with E-state index in [4.69, 9.17) is 0 Å². The fraction of sp³-hybridized carbons (Fsp3) is 0.385. The maximum absolute atomic E-state index is 10.6. The van der Waals surface area contributed by atoms with E-state index in [1.54, 1.807) is 12.3 Å². The highest BCUT2D eigenvalue weighted by molar-refractivity contribution is 5.85. The van der Waals surface area contributed by atoms with Crippen LogP contribution >= 0.6 is 0 Å². The van der Waals surface area contributed by atoms with Crippen LogP contribution in [-0.2, 0) is 4.79 Å². The van der Waals surface area contributed by atoms with Gasteiger partial charge in [0.15, 0.2) is 0 Å². The molecule has 0 heterocycles. The maximum atomic E-state index is 10.6. The van der Waals surface area contributed by atoms with Gasteiger partial charge in [-0.1, -0.05) is 30.9 Å². The van der Waals surface area contributed by atoms with Crippen LogP contribution in [0.25, 0.3) is 0 Å². The summed E-state index contributed by atoms with van der Waals surface area (Å²) in [5.74, 6) is 0. The Morgan fingerprint density at radius 3 is 2.60 bits per heavy atom. The summed E-state index contributed by atoms with van der Waals surface area (Å²) in [6.45, 7) is 9.87. The number of rotatable bonds is 6. The maximum Gasteiger partial charge on any atom is 0.130 e. The molecule has 0 aliphatic rings. The fourth-order valence-corrected chi connectivity index (χ4v) is 0.822. The van der Waals surface area contributed by atoms with E-state index in [0.29, 0.717) is 6.54 Å². The van der Waals surface area contributed by atoms with Gasteiger partial charge in [-0.05, 0) is 26.3 Å². The van der Waals surface area contributed by atoms with Crippen LogP contribution in [0.1, 0.15) is 20.8 Å². The number of allylic oxidation sites excluding steroid dienone is 3. The van der Waals surface area contributed by atoms with Crippen LogP contribution in [-0.4, -0.2) is 19.0 Å².